The summed E-state index contributed by atoms with van der Waals surface area (Å²) in [6.45, 7) is 0. The van der Waals surface area contributed by atoms with E-state index in [1.165, 1.54) is 12.1 Å². The first kappa shape index (κ1) is 8.51. The van der Waals surface area contributed by atoms with Crippen molar-refractivity contribution in [1.82, 2.24) is 0 Å². The lowest BCUT2D eigenvalue weighted by atomic mass is 9.88. The molecule has 0 aliphatic heterocycles. The molecule has 1 aromatic carbocycles. The van der Waals surface area contributed by atoms with Gasteiger partial charge in [-0.05, 0) is 42.5 Å². The number of fused-ring (bicyclic) bond motifs is 1. The van der Waals surface area contributed by atoms with Crippen molar-refractivity contribution in [3.63, 3.8) is 0 Å². The van der Waals surface area contributed by atoms with E-state index in [-0.39, 0.29) is 11.8 Å². The molecule has 1 aromatic rings. The second kappa shape index (κ2) is 3.00. The minimum atomic E-state index is -0.548. The van der Waals surface area contributed by atoms with Crippen molar-refractivity contribution in [3.05, 3.63) is 29.1 Å². The molecule has 0 amide bonds. The van der Waals surface area contributed by atoms with Gasteiger partial charge < -0.3 is 10.8 Å². The Morgan fingerprint density at radius 3 is 2.92 bits per heavy atom. The molecule has 0 saturated heterocycles. The first-order chi connectivity index (χ1) is 6.16. The first-order valence-corrected chi connectivity index (χ1v) is 4.42. The fraction of sp³-hybridized carbons (Fsp3) is 0.400. The van der Waals surface area contributed by atoms with Crippen molar-refractivity contribution < 1.29 is 9.50 Å². The molecule has 0 saturated carbocycles. The molecule has 2 nitrogen and oxygen atoms in total. The predicted molar refractivity (Wildman–Crippen MR) is 48.1 cm³/mol. The van der Waals surface area contributed by atoms with Crippen LogP contribution in [0.15, 0.2) is 12.1 Å². The van der Waals surface area contributed by atoms with Gasteiger partial charge in [-0.15, -0.1) is 0 Å². The third-order valence-corrected chi connectivity index (χ3v) is 2.54. The fourth-order valence-corrected chi connectivity index (χ4v) is 1.79. The Bertz CT molecular complexity index is 338. The zero-order valence-corrected chi connectivity index (χ0v) is 7.26. The summed E-state index contributed by atoms with van der Waals surface area (Å²) >= 11 is 0. The minimum absolute atomic E-state index is 0.136. The van der Waals surface area contributed by atoms with E-state index in [4.69, 9.17) is 10.8 Å². The van der Waals surface area contributed by atoms with Crippen LogP contribution < -0.4 is 5.73 Å². The second-order valence-corrected chi connectivity index (χ2v) is 3.58. The SMILES string of the molecule is N[C@H]1CCc2cc(O)c(F)cc2C1. The molecule has 3 N–H and O–H groups in total. The smallest absolute Gasteiger partial charge is 0.165 e. The molecule has 1 aliphatic rings. The molecule has 2 rings (SSSR count). The summed E-state index contributed by atoms with van der Waals surface area (Å²) in [7, 11) is 0. The van der Waals surface area contributed by atoms with Gasteiger partial charge in [0.25, 0.3) is 0 Å². The van der Waals surface area contributed by atoms with E-state index in [1.54, 1.807) is 0 Å². The molecule has 0 heterocycles. The molecule has 1 atom stereocenters. The molecule has 0 aromatic heterocycles. The van der Waals surface area contributed by atoms with Crippen LogP contribution >= 0.6 is 0 Å². The summed E-state index contributed by atoms with van der Waals surface area (Å²) in [6, 6.07) is 3.04. The summed E-state index contributed by atoms with van der Waals surface area (Å²) in [5, 5.41) is 9.13. The molecule has 13 heavy (non-hydrogen) atoms. The fourth-order valence-electron chi connectivity index (χ4n) is 1.79. The molecule has 70 valence electrons. The lowest BCUT2D eigenvalue weighted by Gasteiger charge is -2.21. The average molecular weight is 181 g/mol. The topological polar surface area (TPSA) is 46.2 Å². The molecule has 0 unspecified atom stereocenters. The number of hydrogen-bond acceptors (Lipinski definition) is 2. The van der Waals surface area contributed by atoms with Gasteiger partial charge >= 0.3 is 0 Å². The molecule has 0 spiro atoms. The van der Waals surface area contributed by atoms with Crippen LogP contribution in [0.1, 0.15) is 17.5 Å². The van der Waals surface area contributed by atoms with Gasteiger partial charge in [0, 0.05) is 6.04 Å². The van der Waals surface area contributed by atoms with Gasteiger partial charge in [-0.2, -0.15) is 0 Å². The lowest BCUT2D eigenvalue weighted by Crippen LogP contribution is -2.27. The highest BCUT2D eigenvalue weighted by Gasteiger charge is 2.17. The number of nitrogens with two attached hydrogens (primary N) is 1. The summed E-state index contributed by atoms with van der Waals surface area (Å²) in [4.78, 5) is 0. The Morgan fingerprint density at radius 1 is 1.38 bits per heavy atom. The summed E-state index contributed by atoms with van der Waals surface area (Å²) in [5.41, 5.74) is 7.72. The zero-order valence-electron chi connectivity index (χ0n) is 7.26. The number of hydrogen-bond donors (Lipinski definition) is 2. The first-order valence-electron chi connectivity index (χ1n) is 4.42. The summed E-state index contributed by atoms with van der Waals surface area (Å²) in [6.07, 6.45) is 2.47. The van der Waals surface area contributed by atoms with E-state index in [1.807, 2.05) is 0 Å². The third-order valence-electron chi connectivity index (χ3n) is 2.54. The van der Waals surface area contributed by atoms with E-state index in [9.17, 15) is 4.39 Å². The minimum Gasteiger partial charge on any atom is -0.505 e. The second-order valence-electron chi connectivity index (χ2n) is 3.58. The molecular formula is C10H12FNO. The van der Waals surface area contributed by atoms with Crippen LogP contribution in [0.4, 0.5) is 4.39 Å². The van der Waals surface area contributed by atoms with Crippen molar-refractivity contribution in [2.45, 2.75) is 25.3 Å². The van der Waals surface area contributed by atoms with Crippen molar-refractivity contribution >= 4 is 0 Å². The molecule has 0 radical (unpaired) electrons. The van der Waals surface area contributed by atoms with Gasteiger partial charge in [0.15, 0.2) is 11.6 Å². The summed E-state index contributed by atoms with van der Waals surface area (Å²) < 4.78 is 12.9. The normalized spacial score (nSPS) is 21.2. The largest absolute Gasteiger partial charge is 0.505 e. The summed E-state index contributed by atoms with van der Waals surface area (Å²) in [5.74, 6) is -0.804. The van der Waals surface area contributed by atoms with Crippen LogP contribution in [0.5, 0.6) is 5.75 Å². The monoisotopic (exact) mass is 181 g/mol. The van der Waals surface area contributed by atoms with Crippen molar-refractivity contribution in [2.75, 3.05) is 0 Å². The average Bonchev–Trinajstić information content (AvgIpc) is 2.08. The van der Waals surface area contributed by atoms with Crippen LogP contribution in [0.2, 0.25) is 0 Å². The Morgan fingerprint density at radius 2 is 2.15 bits per heavy atom. The molecular weight excluding hydrogens is 169 g/mol. The number of phenols is 1. The van der Waals surface area contributed by atoms with E-state index < -0.39 is 5.82 Å². The highest BCUT2D eigenvalue weighted by atomic mass is 19.1. The molecule has 0 fully saturated rings. The standard InChI is InChI=1S/C10H12FNO/c11-9-4-7-3-8(12)2-1-6(7)5-10(9)13/h4-5,8,13H,1-3,12H2/t8-/m0/s1. The predicted octanol–water partition coefficient (Wildman–Crippen LogP) is 1.35. The van der Waals surface area contributed by atoms with E-state index >= 15 is 0 Å². The van der Waals surface area contributed by atoms with Gasteiger partial charge in [-0.3, -0.25) is 0 Å². The Hall–Kier alpha value is -1.09. The quantitative estimate of drug-likeness (QED) is 0.634. The maximum Gasteiger partial charge on any atom is 0.165 e. The van der Waals surface area contributed by atoms with Crippen molar-refractivity contribution in [1.29, 1.82) is 0 Å². The number of halogens is 1. The van der Waals surface area contributed by atoms with Crippen LogP contribution in [0.3, 0.4) is 0 Å². The number of aryl methyl sites for hydroxylation is 1. The Kier molecular flexibility index (Phi) is 1.96. The van der Waals surface area contributed by atoms with E-state index in [0.29, 0.717) is 6.42 Å². The van der Waals surface area contributed by atoms with Gasteiger partial charge in [-0.25, -0.2) is 4.39 Å². The van der Waals surface area contributed by atoms with Crippen LogP contribution in [0, 0.1) is 5.82 Å². The van der Waals surface area contributed by atoms with Gasteiger partial charge in [0.1, 0.15) is 0 Å². The molecule has 3 heteroatoms. The highest BCUT2D eigenvalue weighted by Crippen LogP contribution is 2.26. The number of phenolic OH excluding ortho intramolecular Hbond substituents is 1. The Labute approximate surface area is 76.2 Å². The number of benzene rings is 1. The van der Waals surface area contributed by atoms with Gasteiger partial charge in [-0.1, -0.05) is 0 Å². The maximum absolute atomic E-state index is 12.9. The van der Waals surface area contributed by atoms with Crippen molar-refractivity contribution in [3.8, 4) is 5.75 Å². The zero-order chi connectivity index (χ0) is 9.42. The van der Waals surface area contributed by atoms with Crippen LogP contribution in [0.25, 0.3) is 0 Å². The highest BCUT2D eigenvalue weighted by molar-refractivity contribution is 5.38. The molecule has 1 aliphatic carbocycles. The molecule has 0 bridgehead atoms. The van der Waals surface area contributed by atoms with Crippen LogP contribution in [-0.4, -0.2) is 11.1 Å². The van der Waals surface area contributed by atoms with Gasteiger partial charge in [0.05, 0.1) is 0 Å². The number of aromatic hydroxyl groups is 1. The maximum atomic E-state index is 12.9. The van der Waals surface area contributed by atoms with Crippen LogP contribution in [-0.2, 0) is 12.8 Å². The van der Waals surface area contributed by atoms with E-state index in [2.05, 4.69) is 0 Å². The van der Waals surface area contributed by atoms with Gasteiger partial charge in [0.2, 0.25) is 0 Å². The Balaban J connectivity index is 2.43. The lowest BCUT2D eigenvalue weighted by molar-refractivity contribution is 0.428. The van der Waals surface area contributed by atoms with Crippen molar-refractivity contribution in [2.24, 2.45) is 5.73 Å². The third kappa shape index (κ3) is 1.52. The van der Waals surface area contributed by atoms with E-state index in [0.717, 1.165) is 24.0 Å². The number of rotatable bonds is 0.